The number of alkyl halides is 3. The zero-order chi connectivity index (χ0) is 27.0. The van der Waals surface area contributed by atoms with Gasteiger partial charge in [-0.15, -0.1) is 0 Å². The van der Waals surface area contributed by atoms with Gasteiger partial charge in [0.15, 0.2) is 5.71 Å². The van der Waals surface area contributed by atoms with Crippen LogP contribution in [0.2, 0.25) is 0 Å². The molecule has 4 rings (SSSR count). The predicted molar refractivity (Wildman–Crippen MR) is 127 cm³/mol. The van der Waals surface area contributed by atoms with Gasteiger partial charge in [-0.25, -0.2) is 18.4 Å². The van der Waals surface area contributed by atoms with Crippen molar-refractivity contribution in [3.63, 3.8) is 0 Å². The molecule has 1 aliphatic heterocycles. The van der Waals surface area contributed by atoms with Crippen molar-refractivity contribution >= 4 is 39.4 Å². The van der Waals surface area contributed by atoms with E-state index in [2.05, 4.69) is 5.10 Å². The average Bonchev–Trinajstić information content (AvgIpc) is 3.44. The molecule has 1 amide bonds. The summed E-state index contributed by atoms with van der Waals surface area (Å²) in [6.45, 7) is 1.90. The molecular weight excluding hydrogens is 515 g/mol. The fraction of sp³-hybridized carbons (Fsp3) is 0.125. The van der Waals surface area contributed by atoms with Gasteiger partial charge in [-0.1, -0.05) is 12.1 Å². The number of halogens is 3. The highest BCUT2D eigenvalue weighted by Crippen LogP contribution is 2.34. The number of hydrogen-bond acceptors (Lipinski definition) is 7. The number of nitrogens with zero attached hydrogens (tertiary/aromatic N) is 2. The van der Waals surface area contributed by atoms with Crippen LogP contribution in [0.1, 0.15) is 23.0 Å². The molecule has 0 atom stereocenters. The molecule has 1 aromatic heterocycles. The van der Waals surface area contributed by atoms with E-state index in [1.807, 2.05) is 0 Å². The molecule has 2 aromatic carbocycles. The zero-order valence-corrected chi connectivity index (χ0v) is 19.8. The summed E-state index contributed by atoms with van der Waals surface area (Å²) in [5.41, 5.74) is -1.44. The lowest BCUT2D eigenvalue weighted by molar-refractivity contribution is -0.114. The first-order valence-electron chi connectivity index (χ1n) is 10.6. The van der Waals surface area contributed by atoms with Gasteiger partial charge in [0.25, 0.3) is 5.91 Å². The first-order valence-corrected chi connectivity index (χ1v) is 12.2. The van der Waals surface area contributed by atoms with Gasteiger partial charge in [0, 0.05) is 5.56 Å². The fourth-order valence-corrected chi connectivity index (χ4v) is 3.93. The minimum atomic E-state index is -4.96. The topological polar surface area (TPSA) is 132 Å². The third-order valence-electron chi connectivity index (χ3n) is 5.15. The first kappa shape index (κ1) is 25.9. The zero-order valence-electron chi connectivity index (χ0n) is 19.0. The molecule has 1 aliphatic rings. The maximum Gasteiger partial charge on any atom is 0.435 e. The van der Waals surface area contributed by atoms with Crippen molar-refractivity contribution in [1.82, 2.24) is 0 Å². The number of benzene rings is 2. The Morgan fingerprint density at radius 1 is 1.08 bits per heavy atom. The lowest BCUT2D eigenvalue weighted by Gasteiger charge is -2.11. The van der Waals surface area contributed by atoms with Crippen LogP contribution < -0.4 is 10.1 Å². The molecule has 0 bridgehead atoms. The van der Waals surface area contributed by atoms with Gasteiger partial charge >= 0.3 is 12.1 Å². The van der Waals surface area contributed by atoms with E-state index in [4.69, 9.17) is 14.3 Å². The number of hydrogen-bond donors (Lipinski definition) is 1. The molecule has 37 heavy (non-hydrogen) atoms. The summed E-state index contributed by atoms with van der Waals surface area (Å²) >= 11 is 0. The second kappa shape index (κ2) is 9.67. The van der Waals surface area contributed by atoms with E-state index >= 15 is 0 Å². The molecule has 13 heteroatoms. The molecular formula is C24H18F3N3O6S. The van der Waals surface area contributed by atoms with Gasteiger partial charge in [0.05, 0.1) is 28.3 Å². The van der Waals surface area contributed by atoms with E-state index in [-0.39, 0.29) is 28.7 Å². The third-order valence-corrected chi connectivity index (χ3v) is 6.08. The number of nitrogens with two attached hydrogens (primary N) is 1. The van der Waals surface area contributed by atoms with E-state index < -0.39 is 39.4 Å². The number of hydrazone groups is 1. The second-order valence-corrected chi connectivity index (χ2v) is 9.22. The van der Waals surface area contributed by atoms with E-state index in [0.29, 0.717) is 16.1 Å². The number of furan rings is 1. The van der Waals surface area contributed by atoms with Gasteiger partial charge in [0.2, 0.25) is 10.0 Å². The number of carbonyl (C=O) groups excluding carboxylic acids is 2. The summed E-state index contributed by atoms with van der Waals surface area (Å²) in [6, 6.07) is 13.4. The molecule has 9 nitrogen and oxygen atoms in total. The van der Waals surface area contributed by atoms with Crippen molar-refractivity contribution in [2.45, 2.75) is 18.0 Å². The van der Waals surface area contributed by atoms with Crippen LogP contribution in [0.5, 0.6) is 0 Å². The van der Waals surface area contributed by atoms with E-state index in [0.717, 1.165) is 30.3 Å². The van der Waals surface area contributed by atoms with Crippen LogP contribution in [-0.4, -0.2) is 38.8 Å². The Morgan fingerprint density at radius 3 is 2.30 bits per heavy atom. The summed E-state index contributed by atoms with van der Waals surface area (Å²) in [5, 5.41) is 8.97. The van der Waals surface area contributed by atoms with Crippen molar-refractivity contribution in [2.75, 3.05) is 11.6 Å². The number of rotatable bonds is 6. The van der Waals surface area contributed by atoms with Crippen LogP contribution >= 0.6 is 0 Å². The van der Waals surface area contributed by atoms with Crippen LogP contribution in [0, 0.1) is 0 Å². The second-order valence-electron chi connectivity index (χ2n) is 7.66. The Balaban J connectivity index is 1.63. The standard InChI is InChI=1S/C24H18F3N3O6S/c1-2-35-23(32)15-5-3-14(4-6-15)20-12-9-17(36-20)13-19-21(24(25,26)27)29-30(22(19)31)16-7-10-18(11-8-16)37(28,33)34/h3-13H,2H2,1H3,(H2,28,33,34)/b19-13+. The monoisotopic (exact) mass is 533 g/mol. The maximum atomic E-state index is 13.7. The molecule has 0 unspecified atom stereocenters. The van der Waals surface area contributed by atoms with Crippen molar-refractivity contribution in [3.8, 4) is 11.3 Å². The number of carbonyl (C=O) groups is 2. The first-order chi connectivity index (χ1) is 17.4. The highest BCUT2D eigenvalue weighted by atomic mass is 32.2. The number of primary sulfonamides is 1. The highest BCUT2D eigenvalue weighted by molar-refractivity contribution is 7.89. The number of anilines is 1. The van der Waals surface area contributed by atoms with Crippen molar-refractivity contribution in [2.24, 2.45) is 10.2 Å². The molecule has 2 heterocycles. The Labute approximate surface area is 208 Å². The summed E-state index contributed by atoms with van der Waals surface area (Å²) in [5.74, 6) is -1.35. The van der Waals surface area contributed by atoms with Crippen molar-refractivity contribution in [1.29, 1.82) is 0 Å². The van der Waals surface area contributed by atoms with Gasteiger partial charge in [-0.2, -0.15) is 23.3 Å². The molecule has 0 fully saturated rings. The van der Waals surface area contributed by atoms with Crippen LogP contribution in [0.15, 0.2) is 80.7 Å². The summed E-state index contributed by atoms with van der Waals surface area (Å²) in [7, 11) is -4.04. The summed E-state index contributed by atoms with van der Waals surface area (Å²) in [6.07, 6.45) is -4.04. The molecule has 0 spiro atoms. The molecule has 2 N–H and O–H groups in total. The molecule has 0 saturated heterocycles. The van der Waals surface area contributed by atoms with Crippen molar-refractivity contribution in [3.05, 3.63) is 77.6 Å². The van der Waals surface area contributed by atoms with Gasteiger partial charge in [-0.05, 0) is 61.5 Å². The van der Waals surface area contributed by atoms with Crippen LogP contribution in [0.3, 0.4) is 0 Å². The summed E-state index contributed by atoms with van der Waals surface area (Å²) < 4.78 is 74.5. The number of ether oxygens (including phenoxy) is 1. The average molecular weight is 533 g/mol. The van der Waals surface area contributed by atoms with Gasteiger partial charge in [0.1, 0.15) is 11.5 Å². The Bertz CT molecular complexity index is 1520. The Kier molecular flexibility index (Phi) is 6.76. The quantitative estimate of drug-likeness (QED) is 0.375. The molecule has 0 aliphatic carbocycles. The van der Waals surface area contributed by atoms with Crippen LogP contribution in [-0.2, 0) is 19.6 Å². The minimum Gasteiger partial charge on any atom is -0.462 e. The predicted octanol–water partition coefficient (Wildman–Crippen LogP) is 4.12. The largest absolute Gasteiger partial charge is 0.462 e. The fourth-order valence-electron chi connectivity index (χ4n) is 3.42. The van der Waals surface area contributed by atoms with E-state index in [1.165, 1.54) is 24.3 Å². The molecule has 0 radical (unpaired) electrons. The smallest absolute Gasteiger partial charge is 0.435 e. The Morgan fingerprint density at radius 2 is 1.73 bits per heavy atom. The maximum absolute atomic E-state index is 13.7. The SMILES string of the molecule is CCOC(=O)c1ccc(-c2ccc(/C=C3/C(=O)N(c4ccc(S(N)(=O)=O)cc4)N=C3C(F)(F)F)o2)cc1. The van der Waals surface area contributed by atoms with Crippen molar-refractivity contribution < 1.29 is 40.3 Å². The van der Waals surface area contributed by atoms with Crippen LogP contribution in [0.25, 0.3) is 17.4 Å². The number of sulfonamides is 1. The minimum absolute atomic E-state index is 0.0452. The number of amides is 1. The molecule has 3 aromatic rings. The van der Waals surface area contributed by atoms with E-state index in [9.17, 15) is 31.2 Å². The Hall–Kier alpha value is -4.23. The van der Waals surface area contributed by atoms with Crippen LogP contribution in [0.4, 0.5) is 18.9 Å². The highest BCUT2D eigenvalue weighted by Gasteiger charge is 2.47. The molecule has 0 saturated carbocycles. The number of esters is 1. The summed E-state index contributed by atoms with van der Waals surface area (Å²) in [4.78, 5) is 24.4. The lowest BCUT2D eigenvalue weighted by Crippen LogP contribution is -2.25. The lowest BCUT2D eigenvalue weighted by atomic mass is 10.1. The van der Waals surface area contributed by atoms with Gasteiger partial charge < -0.3 is 9.15 Å². The third kappa shape index (κ3) is 5.47. The normalized spacial score (nSPS) is 15.3. The van der Waals surface area contributed by atoms with Gasteiger partial charge in [-0.3, -0.25) is 4.79 Å². The van der Waals surface area contributed by atoms with E-state index in [1.54, 1.807) is 19.1 Å². The molecule has 192 valence electrons.